The third kappa shape index (κ3) is 3.92. The second-order valence-electron chi connectivity index (χ2n) is 8.58. The second-order valence-corrected chi connectivity index (χ2v) is 8.58. The first kappa shape index (κ1) is 22.1. The Morgan fingerprint density at radius 3 is 2.81 bits per heavy atom. The third-order valence-corrected chi connectivity index (χ3v) is 6.24. The number of aromatic nitrogens is 2. The molecule has 11 heteroatoms. The first-order valence-electron chi connectivity index (χ1n) is 11.1. The SMILES string of the molecule is NC1=Nc2nccc(Oc3ccc4c(c3)C3C(=CNC(=O)c5cc(C(F)(F)F)ccn5)C3O4)c2CC1. The maximum atomic E-state index is 12.9. The van der Waals surface area contributed by atoms with Crippen molar-refractivity contribution in [2.24, 2.45) is 10.7 Å². The van der Waals surface area contributed by atoms with Crippen LogP contribution in [0.4, 0.5) is 19.0 Å². The van der Waals surface area contributed by atoms with Gasteiger partial charge in [0.25, 0.3) is 5.91 Å². The van der Waals surface area contributed by atoms with Gasteiger partial charge in [0.15, 0.2) is 5.82 Å². The number of nitrogens with one attached hydrogen (secondary N) is 1. The van der Waals surface area contributed by atoms with Crippen molar-refractivity contribution in [3.05, 3.63) is 82.9 Å². The van der Waals surface area contributed by atoms with E-state index < -0.39 is 17.6 Å². The highest BCUT2D eigenvalue weighted by Gasteiger charge is 2.54. The Labute approximate surface area is 202 Å². The lowest BCUT2D eigenvalue weighted by Gasteiger charge is -2.16. The molecule has 3 N–H and O–H groups in total. The van der Waals surface area contributed by atoms with Crippen LogP contribution in [0, 0.1) is 0 Å². The van der Waals surface area contributed by atoms with Crippen molar-refractivity contribution in [2.45, 2.75) is 31.0 Å². The first-order valence-corrected chi connectivity index (χ1v) is 11.1. The zero-order valence-electron chi connectivity index (χ0n) is 18.5. The molecule has 2 atom stereocenters. The Bertz CT molecular complexity index is 1470. The summed E-state index contributed by atoms with van der Waals surface area (Å²) in [4.78, 5) is 24.6. The molecule has 0 radical (unpaired) electrons. The van der Waals surface area contributed by atoms with Crippen LogP contribution in [0.15, 0.2) is 65.6 Å². The van der Waals surface area contributed by atoms with Crippen molar-refractivity contribution in [1.29, 1.82) is 0 Å². The van der Waals surface area contributed by atoms with Crippen LogP contribution in [0.5, 0.6) is 17.2 Å². The van der Waals surface area contributed by atoms with Gasteiger partial charge in [-0.25, -0.2) is 9.98 Å². The smallest absolute Gasteiger partial charge is 0.416 e. The van der Waals surface area contributed by atoms with Gasteiger partial charge in [-0.05, 0) is 48.4 Å². The highest BCUT2D eigenvalue weighted by atomic mass is 19.4. The van der Waals surface area contributed by atoms with Gasteiger partial charge in [-0.15, -0.1) is 0 Å². The molecule has 36 heavy (non-hydrogen) atoms. The van der Waals surface area contributed by atoms with Crippen molar-refractivity contribution in [3.63, 3.8) is 0 Å². The summed E-state index contributed by atoms with van der Waals surface area (Å²) in [5.74, 6) is 2.26. The number of rotatable bonds is 4. The number of alkyl halides is 3. The van der Waals surface area contributed by atoms with E-state index in [1.165, 1.54) is 6.20 Å². The highest BCUT2D eigenvalue weighted by molar-refractivity contribution is 5.93. The molecular formula is C25H18F3N5O3. The lowest BCUT2D eigenvalue weighted by atomic mass is 10.1. The van der Waals surface area contributed by atoms with Gasteiger partial charge in [0.05, 0.1) is 11.5 Å². The minimum absolute atomic E-state index is 0.0749. The molecule has 3 aromatic rings. The number of pyridine rings is 2. The molecule has 1 aromatic carbocycles. The quantitative estimate of drug-likeness (QED) is 0.558. The number of carbonyl (C=O) groups excluding carboxylic acids is 1. The van der Waals surface area contributed by atoms with Gasteiger partial charge in [0, 0.05) is 36.1 Å². The normalized spacial score (nSPS) is 20.5. The Morgan fingerprint density at radius 1 is 1.14 bits per heavy atom. The number of amidine groups is 1. The molecule has 0 bridgehead atoms. The van der Waals surface area contributed by atoms with Gasteiger partial charge < -0.3 is 20.5 Å². The third-order valence-electron chi connectivity index (χ3n) is 6.24. The number of nitrogens with two attached hydrogens (primary N) is 1. The molecule has 0 saturated heterocycles. The van der Waals surface area contributed by atoms with Crippen molar-refractivity contribution in [3.8, 4) is 17.2 Å². The van der Waals surface area contributed by atoms with Crippen LogP contribution in [-0.2, 0) is 12.6 Å². The summed E-state index contributed by atoms with van der Waals surface area (Å²) in [6.45, 7) is 0. The molecule has 3 aliphatic rings. The number of carbonyl (C=O) groups is 1. The van der Waals surface area contributed by atoms with E-state index in [-0.39, 0.29) is 17.7 Å². The molecule has 8 nitrogen and oxygen atoms in total. The maximum absolute atomic E-state index is 12.9. The summed E-state index contributed by atoms with van der Waals surface area (Å²) in [7, 11) is 0. The minimum Gasteiger partial charge on any atom is -0.485 e. The number of nitrogens with zero attached hydrogens (tertiary/aromatic N) is 3. The molecule has 0 spiro atoms. The van der Waals surface area contributed by atoms with Gasteiger partial charge in [0.1, 0.15) is 34.9 Å². The van der Waals surface area contributed by atoms with E-state index in [4.69, 9.17) is 15.2 Å². The number of fused-ring (bicyclic) bond motifs is 4. The summed E-state index contributed by atoms with van der Waals surface area (Å²) in [6.07, 6.45) is 0.559. The van der Waals surface area contributed by atoms with E-state index >= 15 is 0 Å². The predicted octanol–water partition coefficient (Wildman–Crippen LogP) is 4.39. The molecule has 1 amide bonds. The average molecular weight is 493 g/mol. The fourth-order valence-corrected chi connectivity index (χ4v) is 4.40. The summed E-state index contributed by atoms with van der Waals surface area (Å²) >= 11 is 0. The van der Waals surface area contributed by atoms with E-state index in [1.807, 2.05) is 12.1 Å². The number of amides is 1. The van der Waals surface area contributed by atoms with Gasteiger partial charge in [-0.1, -0.05) is 0 Å². The highest BCUT2D eigenvalue weighted by Crippen LogP contribution is 2.58. The van der Waals surface area contributed by atoms with Crippen LogP contribution in [0.1, 0.15) is 39.5 Å². The molecule has 1 saturated carbocycles. The standard InChI is InChI=1S/C25H18F3N5O3/c26-25(27,28)12-5-7-30-17(9-12)24(34)32-11-16-21-15-10-13(1-3-18(15)36-22(16)21)35-19-6-8-31-23-14(19)2-4-20(29)33-23/h1,3,5-11,21-22H,2,4H2,(H,32,34)(H2,29,31,33). The van der Waals surface area contributed by atoms with Gasteiger partial charge >= 0.3 is 6.18 Å². The van der Waals surface area contributed by atoms with Crippen molar-refractivity contribution >= 4 is 17.6 Å². The van der Waals surface area contributed by atoms with Gasteiger partial charge in [-0.3, -0.25) is 9.78 Å². The maximum Gasteiger partial charge on any atom is 0.416 e. The van der Waals surface area contributed by atoms with Crippen molar-refractivity contribution in [1.82, 2.24) is 15.3 Å². The van der Waals surface area contributed by atoms with Gasteiger partial charge in [0.2, 0.25) is 0 Å². The topological polar surface area (TPSA) is 112 Å². The van der Waals surface area contributed by atoms with Crippen LogP contribution in [0.3, 0.4) is 0 Å². The summed E-state index contributed by atoms with van der Waals surface area (Å²) < 4.78 is 50.8. The number of hydrogen-bond acceptors (Lipinski definition) is 7. The van der Waals surface area contributed by atoms with Gasteiger partial charge in [-0.2, -0.15) is 13.2 Å². The Hall–Kier alpha value is -4.41. The number of aliphatic imine (C=N–C) groups is 1. The number of ether oxygens (including phenoxy) is 2. The monoisotopic (exact) mass is 493 g/mol. The molecule has 2 unspecified atom stereocenters. The molecule has 4 heterocycles. The van der Waals surface area contributed by atoms with Crippen LogP contribution < -0.4 is 20.5 Å². The van der Waals surface area contributed by atoms with E-state index in [0.29, 0.717) is 42.1 Å². The fraction of sp³-hybridized carbons (Fsp3) is 0.200. The average Bonchev–Trinajstić information content (AvgIpc) is 3.41. The first-order chi connectivity index (χ1) is 17.3. The predicted molar refractivity (Wildman–Crippen MR) is 122 cm³/mol. The Kier molecular flexibility index (Phi) is 4.95. The summed E-state index contributed by atoms with van der Waals surface area (Å²) in [5.41, 5.74) is 7.17. The van der Waals surface area contributed by atoms with Crippen molar-refractivity contribution < 1.29 is 27.4 Å². The van der Waals surface area contributed by atoms with E-state index in [9.17, 15) is 18.0 Å². The number of benzene rings is 1. The molecule has 2 aliphatic heterocycles. The molecule has 2 aromatic heterocycles. The second kappa shape index (κ2) is 8.08. The Morgan fingerprint density at radius 2 is 1.97 bits per heavy atom. The summed E-state index contributed by atoms with van der Waals surface area (Å²) in [6, 6.07) is 8.82. The van der Waals surface area contributed by atoms with E-state index in [1.54, 1.807) is 18.3 Å². The van der Waals surface area contributed by atoms with Crippen LogP contribution >= 0.6 is 0 Å². The molecule has 1 aliphatic carbocycles. The molecule has 6 rings (SSSR count). The molecule has 1 fully saturated rings. The zero-order chi connectivity index (χ0) is 25.0. The Balaban J connectivity index is 1.17. The largest absolute Gasteiger partial charge is 0.485 e. The van der Waals surface area contributed by atoms with E-state index in [0.717, 1.165) is 34.7 Å². The minimum atomic E-state index is -4.56. The van der Waals surface area contributed by atoms with Crippen molar-refractivity contribution in [2.75, 3.05) is 0 Å². The summed E-state index contributed by atoms with van der Waals surface area (Å²) in [5, 5.41) is 2.52. The molecular weight excluding hydrogens is 475 g/mol. The molecule has 182 valence electrons. The number of hydrogen-bond donors (Lipinski definition) is 2. The zero-order valence-corrected chi connectivity index (χ0v) is 18.5. The van der Waals surface area contributed by atoms with Crippen LogP contribution in [0.2, 0.25) is 0 Å². The van der Waals surface area contributed by atoms with Crippen LogP contribution in [-0.4, -0.2) is 27.8 Å². The van der Waals surface area contributed by atoms with Crippen LogP contribution in [0.25, 0.3) is 0 Å². The fourth-order valence-electron chi connectivity index (χ4n) is 4.40. The number of halogens is 3. The lowest BCUT2D eigenvalue weighted by molar-refractivity contribution is -0.137. The van der Waals surface area contributed by atoms with E-state index in [2.05, 4.69) is 20.3 Å². The lowest BCUT2D eigenvalue weighted by Crippen LogP contribution is -2.20.